The summed E-state index contributed by atoms with van der Waals surface area (Å²) in [4.78, 5) is 22.0. The van der Waals surface area contributed by atoms with Crippen LogP contribution in [0.4, 0.5) is 0 Å². The molecule has 2 N–H and O–H groups in total. The van der Waals surface area contributed by atoms with Gasteiger partial charge in [0.1, 0.15) is 11.8 Å². The summed E-state index contributed by atoms with van der Waals surface area (Å²) in [5, 5.41) is 11.3. The number of carboxylic acids is 1. The van der Waals surface area contributed by atoms with Crippen LogP contribution in [0.3, 0.4) is 0 Å². The fraction of sp³-hybridized carbons (Fsp3) is 0.429. The van der Waals surface area contributed by atoms with Gasteiger partial charge in [-0.1, -0.05) is 17.7 Å². The van der Waals surface area contributed by atoms with Crippen molar-refractivity contribution >= 4 is 22.7 Å². The molecule has 0 fully saturated rings. The Morgan fingerprint density at radius 2 is 2.10 bits per heavy atom. The first-order valence-corrected chi connectivity index (χ1v) is 7.80. The second-order valence-electron chi connectivity index (χ2n) is 4.66. The van der Waals surface area contributed by atoms with Crippen LogP contribution in [-0.4, -0.2) is 40.1 Å². The molecule has 0 saturated heterocycles. The number of hydrogen-bond acceptors (Lipinski definition) is 4. The number of rotatable bonds is 7. The first-order valence-electron chi connectivity index (χ1n) is 6.32. The van der Waals surface area contributed by atoms with Crippen LogP contribution >= 0.6 is 0 Å². The molecule has 2 unspecified atom stereocenters. The minimum atomic E-state index is -1.43. The summed E-state index contributed by atoms with van der Waals surface area (Å²) in [6.45, 7) is 3.13. The van der Waals surface area contributed by atoms with Gasteiger partial charge in [-0.2, -0.15) is 0 Å². The van der Waals surface area contributed by atoms with E-state index in [0.29, 0.717) is 5.75 Å². The number of carboxylic acid groups (broad SMARTS) is 1. The predicted molar refractivity (Wildman–Crippen MR) is 79.7 cm³/mol. The lowest BCUT2D eigenvalue weighted by Crippen LogP contribution is -2.43. The van der Waals surface area contributed by atoms with Crippen LogP contribution in [0.1, 0.15) is 18.1 Å². The smallest absolute Gasteiger partial charge is 0.327 e. The normalized spacial score (nSPS) is 13.3. The first kappa shape index (κ1) is 17.2. The molecular weight excluding hydrogens is 294 g/mol. The quantitative estimate of drug-likeness (QED) is 0.778. The molecule has 21 heavy (non-hydrogen) atoms. The van der Waals surface area contributed by atoms with Gasteiger partial charge in [-0.05, 0) is 13.0 Å². The van der Waals surface area contributed by atoms with E-state index in [4.69, 9.17) is 9.84 Å². The number of methoxy groups -OCH3 is 1. The third-order valence-corrected chi connectivity index (χ3v) is 4.12. The van der Waals surface area contributed by atoms with Gasteiger partial charge in [0.05, 0.1) is 18.6 Å². The summed E-state index contributed by atoms with van der Waals surface area (Å²) < 4.78 is 17.3. The topological polar surface area (TPSA) is 92.7 Å². The van der Waals surface area contributed by atoms with Gasteiger partial charge in [0.2, 0.25) is 5.91 Å². The largest absolute Gasteiger partial charge is 0.496 e. The van der Waals surface area contributed by atoms with E-state index in [-0.39, 0.29) is 11.5 Å². The molecule has 0 radical (unpaired) electrons. The molecule has 1 amide bonds. The van der Waals surface area contributed by atoms with Crippen molar-refractivity contribution in [3.8, 4) is 5.75 Å². The molecule has 0 aliphatic rings. The lowest BCUT2D eigenvalue weighted by atomic mass is 10.1. The molecule has 6 nitrogen and oxygen atoms in total. The van der Waals surface area contributed by atoms with Gasteiger partial charge >= 0.3 is 5.97 Å². The average molecular weight is 313 g/mol. The molecule has 2 atom stereocenters. The SMILES string of the molecule is COc1ccc(C)cc1CS(=O)CC(NC(C)=O)C(=O)O. The number of aliphatic carboxylic acids is 1. The highest BCUT2D eigenvalue weighted by molar-refractivity contribution is 7.84. The number of aryl methyl sites for hydroxylation is 1. The predicted octanol–water partition coefficient (Wildman–Crippen LogP) is 0.842. The Labute approximate surface area is 126 Å². The summed E-state index contributed by atoms with van der Waals surface area (Å²) in [6, 6.07) is 4.36. The third kappa shape index (κ3) is 5.55. The van der Waals surface area contributed by atoms with E-state index in [0.717, 1.165) is 11.1 Å². The van der Waals surface area contributed by atoms with E-state index in [1.54, 1.807) is 6.07 Å². The van der Waals surface area contributed by atoms with E-state index in [2.05, 4.69) is 5.32 Å². The molecule has 1 aromatic rings. The Balaban J connectivity index is 2.78. The summed E-state index contributed by atoms with van der Waals surface area (Å²) in [6.07, 6.45) is 0. The van der Waals surface area contributed by atoms with Crippen molar-refractivity contribution in [1.82, 2.24) is 5.32 Å². The maximum absolute atomic E-state index is 12.1. The zero-order valence-corrected chi connectivity index (χ0v) is 13.0. The van der Waals surface area contributed by atoms with Crippen LogP contribution in [0.25, 0.3) is 0 Å². The zero-order valence-electron chi connectivity index (χ0n) is 12.2. The fourth-order valence-electron chi connectivity index (χ4n) is 1.86. The molecule has 0 aliphatic heterocycles. The minimum absolute atomic E-state index is 0.147. The van der Waals surface area contributed by atoms with E-state index in [9.17, 15) is 13.8 Å². The molecule has 7 heteroatoms. The summed E-state index contributed by atoms with van der Waals surface area (Å²) in [5.41, 5.74) is 1.75. The Kier molecular flexibility index (Phi) is 6.36. The molecule has 1 aromatic carbocycles. The van der Waals surface area contributed by atoms with Gasteiger partial charge in [0, 0.05) is 23.3 Å². The lowest BCUT2D eigenvalue weighted by Gasteiger charge is -2.14. The second-order valence-corrected chi connectivity index (χ2v) is 6.16. The van der Waals surface area contributed by atoms with Crippen molar-refractivity contribution in [2.75, 3.05) is 12.9 Å². The number of nitrogens with one attached hydrogen (secondary N) is 1. The third-order valence-electron chi connectivity index (χ3n) is 2.78. The highest BCUT2D eigenvalue weighted by Crippen LogP contribution is 2.21. The van der Waals surface area contributed by atoms with Crippen molar-refractivity contribution in [2.45, 2.75) is 25.6 Å². The highest BCUT2D eigenvalue weighted by Gasteiger charge is 2.22. The van der Waals surface area contributed by atoms with Crippen LogP contribution in [0, 0.1) is 6.92 Å². The molecule has 0 aliphatic carbocycles. The molecule has 0 aromatic heterocycles. The maximum Gasteiger partial charge on any atom is 0.327 e. The number of carbonyl (C=O) groups excluding carboxylic acids is 1. The highest BCUT2D eigenvalue weighted by atomic mass is 32.2. The monoisotopic (exact) mass is 313 g/mol. The van der Waals surface area contributed by atoms with Crippen molar-refractivity contribution in [3.63, 3.8) is 0 Å². The summed E-state index contributed by atoms with van der Waals surface area (Å²) >= 11 is 0. The van der Waals surface area contributed by atoms with Crippen molar-refractivity contribution in [3.05, 3.63) is 29.3 Å². The van der Waals surface area contributed by atoms with Gasteiger partial charge in [0.25, 0.3) is 0 Å². The van der Waals surface area contributed by atoms with Crippen LogP contribution in [-0.2, 0) is 26.1 Å². The fourth-order valence-corrected chi connectivity index (χ4v) is 3.15. The molecule has 0 bridgehead atoms. The second kappa shape index (κ2) is 7.78. The first-order chi connectivity index (χ1) is 9.83. The average Bonchev–Trinajstić information content (AvgIpc) is 2.37. The summed E-state index contributed by atoms with van der Waals surface area (Å²) in [5.74, 6) is -1.03. The van der Waals surface area contributed by atoms with Crippen LogP contribution in [0.5, 0.6) is 5.75 Å². The number of ether oxygens (including phenoxy) is 1. The van der Waals surface area contributed by atoms with Crippen LogP contribution in [0.15, 0.2) is 18.2 Å². The van der Waals surface area contributed by atoms with Crippen molar-refractivity contribution in [1.29, 1.82) is 0 Å². The Bertz CT molecular complexity index is 558. The minimum Gasteiger partial charge on any atom is -0.496 e. The standard InChI is InChI=1S/C14H19NO5S/c1-9-4-5-13(20-3)11(6-9)7-21(19)8-12(14(17)18)15-10(2)16/h4-6,12H,7-8H2,1-3H3,(H,15,16)(H,17,18). The van der Waals surface area contributed by atoms with Crippen LogP contribution < -0.4 is 10.1 Å². The van der Waals surface area contributed by atoms with Gasteiger partial charge < -0.3 is 15.2 Å². The Morgan fingerprint density at radius 3 is 2.62 bits per heavy atom. The molecular formula is C14H19NO5S. The zero-order chi connectivity index (χ0) is 16.0. The molecule has 116 valence electrons. The number of carbonyl (C=O) groups is 2. The lowest BCUT2D eigenvalue weighted by molar-refractivity contribution is -0.140. The number of hydrogen-bond donors (Lipinski definition) is 2. The van der Waals surface area contributed by atoms with E-state index in [1.807, 2.05) is 19.1 Å². The Hall–Kier alpha value is -1.89. The molecule has 1 rings (SSSR count). The van der Waals surface area contributed by atoms with Gasteiger partial charge in [-0.25, -0.2) is 4.79 Å². The van der Waals surface area contributed by atoms with Crippen molar-refractivity contribution < 1.29 is 23.6 Å². The Morgan fingerprint density at radius 1 is 1.43 bits per heavy atom. The van der Waals surface area contributed by atoms with Gasteiger partial charge in [-0.15, -0.1) is 0 Å². The van der Waals surface area contributed by atoms with Crippen LogP contribution in [0.2, 0.25) is 0 Å². The molecule has 0 heterocycles. The number of amides is 1. The van der Waals surface area contributed by atoms with E-state index in [1.165, 1.54) is 14.0 Å². The van der Waals surface area contributed by atoms with Gasteiger partial charge in [0.15, 0.2) is 0 Å². The summed E-state index contributed by atoms with van der Waals surface area (Å²) in [7, 11) is 0.0885. The molecule has 0 saturated carbocycles. The van der Waals surface area contributed by atoms with Gasteiger partial charge in [-0.3, -0.25) is 9.00 Å². The van der Waals surface area contributed by atoms with E-state index >= 15 is 0 Å². The number of benzene rings is 1. The van der Waals surface area contributed by atoms with Crippen molar-refractivity contribution in [2.24, 2.45) is 0 Å². The maximum atomic E-state index is 12.1. The van der Waals surface area contributed by atoms with E-state index < -0.39 is 28.7 Å². The molecule has 0 spiro atoms.